The average molecular weight is 418 g/mol. The van der Waals surface area contributed by atoms with Crippen molar-refractivity contribution in [1.29, 1.82) is 5.26 Å². The Bertz CT molecular complexity index is 1090. The number of furan rings is 1. The van der Waals surface area contributed by atoms with Crippen molar-refractivity contribution in [3.05, 3.63) is 83.1 Å². The molecule has 0 spiro atoms. The standard InChI is InChI=1S/C24H20ClN3O2/c25-20-8-6-18(7-9-20)23-11-10-22(30-23)16-19(17-26)24(29)28-14-12-27(13-15-28)21-4-2-1-3-5-21/h1-11,16H,12-15H2/b19-16-. The molecule has 0 radical (unpaired) electrons. The van der Waals surface area contributed by atoms with Crippen LogP contribution in [0.15, 0.2) is 76.7 Å². The lowest BCUT2D eigenvalue weighted by Gasteiger charge is -2.36. The number of carbonyl (C=O) groups is 1. The van der Waals surface area contributed by atoms with Crippen LogP contribution in [0, 0.1) is 11.3 Å². The fraction of sp³-hybridized carbons (Fsp3) is 0.167. The van der Waals surface area contributed by atoms with Gasteiger partial charge in [-0.1, -0.05) is 29.8 Å². The highest BCUT2D eigenvalue weighted by molar-refractivity contribution is 6.30. The minimum absolute atomic E-state index is 0.0696. The number of carbonyl (C=O) groups excluding carboxylic acids is 1. The quantitative estimate of drug-likeness (QED) is 0.449. The third kappa shape index (κ3) is 4.40. The van der Waals surface area contributed by atoms with Crippen molar-refractivity contribution in [3.63, 3.8) is 0 Å². The molecule has 0 aliphatic carbocycles. The van der Waals surface area contributed by atoms with Crippen LogP contribution in [0.3, 0.4) is 0 Å². The number of halogens is 1. The Morgan fingerprint density at radius 3 is 2.33 bits per heavy atom. The van der Waals surface area contributed by atoms with Gasteiger partial charge in [-0.2, -0.15) is 5.26 Å². The lowest BCUT2D eigenvalue weighted by molar-refractivity contribution is -0.126. The highest BCUT2D eigenvalue weighted by atomic mass is 35.5. The molecule has 30 heavy (non-hydrogen) atoms. The van der Waals surface area contributed by atoms with Gasteiger partial charge in [0.25, 0.3) is 5.91 Å². The number of benzene rings is 2. The largest absolute Gasteiger partial charge is 0.457 e. The summed E-state index contributed by atoms with van der Waals surface area (Å²) in [4.78, 5) is 16.8. The third-order valence-corrected chi connectivity index (χ3v) is 5.33. The summed E-state index contributed by atoms with van der Waals surface area (Å²) < 4.78 is 5.80. The number of nitriles is 1. The van der Waals surface area contributed by atoms with Crippen LogP contribution in [0.1, 0.15) is 5.76 Å². The van der Waals surface area contributed by atoms with E-state index in [4.69, 9.17) is 16.0 Å². The number of para-hydroxylation sites is 1. The van der Waals surface area contributed by atoms with E-state index in [-0.39, 0.29) is 11.5 Å². The van der Waals surface area contributed by atoms with E-state index < -0.39 is 0 Å². The van der Waals surface area contributed by atoms with Gasteiger partial charge in [-0.3, -0.25) is 4.79 Å². The second kappa shape index (κ2) is 8.89. The molecule has 2 aromatic carbocycles. The maximum atomic E-state index is 12.9. The summed E-state index contributed by atoms with van der Waals surface area (Å²) >= 11 is 5.92. The molecule has 5 nitrogen and oxygen atoms in total. The smallest absolute Gasteiger partial charge is 0.264 e. The minimum Gasteiger partial charge on any atom is -0.457 e. The summed E-state index contributed by atoms with van der Waals surface area (Å²) in [6, 6.07) is 23.0. The van der Waals surface area contributed by atoms with E-state index in [9.17, 15) is 10.1 Å². The number of hydrogen-bond donors (Lipinski definition) is 0. The van der Waals surface area contributed by atoms with Crippen molar-refractivity contribution in [3.8, 4) is 17.4 Å². The van der Waals surface area contributed by atoms with Gasteiger partial charge >= 0.3 is 0 Å². The highest BCUT2D eigenvalue weighted by Crippen LogP contribution is 2.25. The van der Waals surface area contributed by atoms with Gasteiger partial charge in [0.1, 0.15) is 23.2 Å². The second-order valence-electron chi connectivity index (χ2n) is 6.99. The first-order valence-electron chi connectivity index (χ1n) is 9.71. The molecule has 3 aromatic rings. The van der Waals surface area contributed by atoms with E-state index in [0.29, 0.717) is 29.6 Å². The van der Waals surface area contributed by atoms with Crippen molar-refractivity contribution in [2.45, 2.75) is 0 Å². The molecule has 6 heteroatoms. The topological polar surface area (TPSA) is 60.5 Å². The third-order valence-electron chi connectivity index (χ3n) is 5.08. The van der Waals surface area contributed by atoms with Gasteiger partial charge in [0, 0.05) is 48.5 Å². The van der Waals surface area contributed by atoms with E-state index in [0.717, 1.165) is 24.3 Å². The molecule has 1 fully saturated rings. The minimum atomic E-state index is -0.269. The number of amides is 1. The lowest BCUT2D eigenvalue weighted by Crippen LogP contribution is -2.49. The van der Waals surface area contributed by atoms with Crippen LogP contribution >= 0.6 is 11.6 Å². The first kappa shape index (κ1) is 19.8. The van der Waals surface area contributed by atoms with Crippen LogP contribution in [0.5, 0.6) is 0 Å². The number of rotatable bonds is 4. The molecule has 1 aliphatic rings. The van der Waals surface area contributed by atoms with Crippen molar-refractivity contribution < 1.29 is 9.21 Å². The number of hydrogen-bond acceptors (Lipinski definition) is 4. The SMILES string of the molecule is N#C/C(=C/c1ccc(-c2ccc(Cl)cc2)o1)C(=O)N1CCN(c2ccccc2)CC1. The summed E-state index contributed by atoms with van der Waals surface area (Å²) in [5.74, 6) is 0.849. The molecule has 1 aromatic heterocycles. The maximum absolute atomic E-state index is 12.9. The van der Waals surface area contributed by atoms with Gasteiger partial charge in [-0.15, -0.1) is 0 Å². The zero-order valence-electron chi connectivity index (χ0n) is 16.3. The Morgan fingerprint density at radius 2 is 1.67 bits per heavy atom. The molecule has 1 aliphatic heterocycles. The lowest BCUT2D eigenvalue weighted by atomic mass is 10.1. The number of anilines is 1. The van der Waals surface area contributed by atoms with Gasteiger partial charge in [0.15, 0.2) is 0 Å². The van der Waals surface area contributed by atoms with Crippen LogP contribution in [0.25, 0.3) is 17.4 Å². The Kier molecular flexibility index (Phi) is 5.87. The Labute approximate surface area is 180 Å². The first-order chi connectivity index (χ1) is 14.6. The zero-order valence-corrected chi connectivity index (χ0v) is 17.0. The van der Waals surface area contributed by atoms with Crippen LogP contribution in [-0.4, -0.2) is 37.0 Å². The summed E-state index contributed by atoms with van der Waals surface area (Å²) in [5.41, 5.74) is 2.09. The van der Waals surface area contributed by atoms with E-state index in [1.54, 1.807) is 23.1 Å². The highest BCUT2D eigenvalue weighted by Gasteiger charge is 2.24. The fourth-order valence-electron chi connectivity index (χ4n) is 3.46. The summed E-state index contributed by atoms with van der Waals surface area (Å²) in [5, 5.41) is 10.2. The van der Waals surface area contributed by atoms with Gasteiger partial charge in [-0.05, 0) is 48.5 Å². The van der Waals surface area contributed by atoms with Crippen LogP contribution in [0.4, 0.5) is 5.69 Å². The van der Waals surface area contributed by atoms with Gasteiger partial charge < -0.3 is 14.2 Å². The predicted molar refractivity (Wildman–Crippen MR) is 118 cm³/mol. The van der Waals surface area contributed by atoms with Gasteiger partial charge in [0.05, 0.1) is 0 Å². The van der Waals surface area contributed by atoms with Gasteiger partial charge in [-0.25, -0.2) is 0 Å². The molecule has 4 rings (SSSR count). The van der Waals surface area contributed by atoms with E-state index >= 15 is 0 Å². The Hall–Kier alpha value is -3.49. The molecule has 1 saturated heterocycles. The molecule has 2 heterocycles. The molecule has 150 valence electrons. The van der Waals surface area contributed by atoms with Crippen molar-refractivity contribution in [2.24, 2.45) is 0 Å². The monoisotopic (exact) mass is 417 g/mol. The van der Waals surface area contributed by atoms with Crippen molar-refractivity contribution in [1.82, 2.24) is 4.90 Å². The number of nitrogens with zero attached hydrogens (tertiary/aromatic N) is 3. The molecule has 0 saturated carbocycles. The normalized spacial score (nSPS) is 14.5. The summed E-state index contributed by atoms with van der Waals surface area (Å²) in [7, 11) is 0. The van der Waals surface area contributed by atoms with Crippen molar-refractivity contribution in [2.75, 3.05) is 31.1 Å². The first-order valence-corrected chi connectivity index (χ1v) is 10.1. The van der Waals surface area contributed by atoms with E-state index in [1.165, 1.54) is 6.08 Å². The molecule has 0 unspecified atom stereocenters. The summed E-state index contributed by atoms with van der Waals surface area (Å²) in [6.45, 7) is 2.60. The second-order valence-corrected chi connectivity index (χ2v) is 7.43. The molecule has 1 amide bonds. The molecular formula is C24H20ClN3O2. The molecule has 0 bridgehead atoms. The van der Waals surface area contributed by atoms with Crippen LogP contribution in [-0.2, 0) is 4.79 Å². The predicted octanol–water partition coefficient (Wildman–Crippen LogP) is 4.86. The fourth-order valence-corrected chi connectivity index (χ4v) is 3.59. The van der Waals surface area contributed by atoms with E-state index in [2.05, 4.69) is 17.0 Å². The molecular weight excluding hydrogens is 398 g/mol. The average Bonchev–Trinajstić information content (AvgIpc) is 3.27. The Balaban J connectivity index is 1.44. The number of piperazine rings is 1. The molecule has 0 N–H and O–H groups in total. The van der Waals surface area contributed by atoms with E-state index in [1.807, 2.05) is 42.5 Å². The van der Waals surface area contributed by atoms with Gasteiger partial charge in [0.2, 0.25) is 0 Å². The van der Waals surface area contributed by atoms with Crippen LogP contribution < -0.4 is 4.90 Å². The maximum Gasteiger partial charge on any atom is 0.264 e. The van der Waals surface area contributed by atoms with Crippen LogP contribution in [0.2, 0.25) is 5.02 Å². The zero-order chi connectivity index (χ0) is 20.9. The summed E-state index contributed by atoms with van der Waals surface area (Å²) in [6.07, 6.45) is 1.51. The molecule has 0 atom stereocenters. The van der Waals surface area contributed by atoms with Crippen molar-refractivity contribution >= 4 is 29.3 Å². The Morgan fingerprint density at radius 1 is 0.967 bits per heavy atom.